The van der Waals surface area contributed by atoms with Crippen molar-refractivity contribution in [3.8, 4) is 5.82 Å². The van der Waals surface area contributed by atoms with E-state index in [1.807, 2.05) is 16.8 Å². The summed E-state index contributed by atoms with van der Waals surface area (Å²) >= 11 is 0. The predicted molar refractivity (Wildman–Crippen MR) is 59.8 cm³/mol. The summed E-state index contributed by atoms with van der Waals surface area (Å²) in [5, 5.41) is 0. The molecule has 78 valence electrons. The van der Waals surface area contributed by atoms with E-state index in [-0.39, 0.29) is 0 Å². The van der Waals surface area contributed by atoms with E-state index >= 15 is 0 Å². The number of pyridine rings is 1. The molecule has 2 heterocycles. The summed E-state index contributed by atoms with van der Waals surface area (Å²) in [6.07, 6.45) is 7.42. The molecule has 0 saturated carbocycles. The molecule has 4 heteroatoms. The fourth-order valence-electron chi connectivity index (χ4n) is 1.52. The van der Waals surface area contributed by atoms with Gasteiger partial charge in [0, 0.05) is 36.8 Å². The fourth-order valence-corrected chi connectivity index (χ4v) is 1.52. The van der Waals surface area contributed by atoms with Gasteiger partial charge in [-0.05, 0) is 12.5 Å². The minimum absolute atomic E-state index is 0.719. The standard InChI is InChI=1S/C11H14N4/c1-2-3-10-14-6-7-15(10)11-8-9(12)4-5-13-11/h4-8H,2-3H2,1H3,(H2,12,13). The van der Waals surface area contributed by atoms with Gasteiger partial charge in [-0.25, -0.2) is 9.97 Å². The number of anilines is 1. The van der Waals surface area contributed by atoms with E-state index < -0.39 is 0 Å². The lowest BCUT2D eigenvalue weighted by Crippen LogP contribution is -2.02. The molecule has 0 radical (unpaired) electrons. The Kier molecular flexibility index (Phi) is 2.67. The van der Waals surface area contributed by atoms with Crippen LogP contribution < -0.4 is 5.73 Å². The maximum atomic E-state index is 5.71. The minimum atomic E-state index is 0.719. The Morgan fingerprint density at radius 2 is 2.20 bits per heavy atom. The fraction of sp³-hybridized carbons (Fsp3) is 0.273. The Balaban J connectivity index is 2.40. The van der Waals surface area contributed by atoms with Crippen LogP contribution in [0.2, 0.25) is 0 Å². The molecule has 0 aliphatic carbocycles. The normalized spacial score (nSPS) is 10.5. The highest BCUT2D eigenvalue weighted by molar-refractivity contribution is 5.43. The van der Waals surface area contributed by atoms with Crippen LogP contribution >= 0.6 is 0 Å². The van der Waals surface area contributed by atoms with Crippen molar-refractivity contribution in [3.05, 3.63) is 36.5 Å². The molecule has 2 aromatic rings. The van der Waals surface area contributed by atoms with Crippen molar-refractivity contribution in [2.24, 2.45) is 0 Å². The van der Waals surface area contributed by atoms with Gasteiger partial charge in [0.05, 0.1) is 0 Å². The predicted octanol–water partition coefficient (Wildman–Crippen LogP) is 1.80. The van der Waals surface area contributed by atoms with Crippen molar-refractivity contribution >= 4 is 5.69 Å². The summed E-state index contributed by atoms with van der Waals surface area (Å²) in [6.45, 7) is 2.13. The van der Waals surface area contributed by atoms with Crippen molar-refractivity contribution in [2.45, 2.75) is 19.8 Å². The van der Waals surface area contributed by atoms with E-state index in [4.69, 9.17) is 5.73 Å². The summed E-state index contributed by atoms with van der Waals surface area (Å²) < 4.78 is 1.97. The third-order valence-corrected chi connectivity index (χ3v) is 2.21. The highest BCUT2D eigenvalue weighted by Crippen LogP contribution is 2.11. The van der Waals surface area contributed by atoms with Crippen LogP contribution in [0.15, 0.2) is 30.7 Å². The van der Waals surface area contributed by atoms with Crippen LogP contribution in [0.4, 0.5) is 5.69 Å². The smallest absolute Gasteiger partial charge is 0.140 e. The Labute approximate surface area is 88.8 Å². The van der Waals surface area contributed by atoms with E-state index in [0.29, 0.717) is 0 Å². The molecular weight excluding hydrogens is 188 g/mol. The number of aromatic nitrogens is 3. The van der Waals surface area contributed by atoms with Crippen molar-refractivity contribution in [2.75, 3.05) is 5.73 Å². The van der Waals surface area contributed by atoms with Crippen LogP contribution in [0.1, 0.15) is 19.2 Å². The van der Waals surface area contributed by atoms with Gasteiger partial charge in [0.2, 0.25) is 0 Å². The van der Waals surface area contributed by atoms with E-state index in [2.05, 4.69) is 16.9 Å². The second-order valence-corrected chi connectivity index (χ2v) is 3.41. The number of hydrogen-bond donors (Lipinski definition) is 1. The highest BCUT2D eigenvalue weighted by atomic mass is 15.1. The lowest BCUT2D eigenvalue weighted by atomic mass is 10.3. The van der Waals surface area contributed by atoms with Gasteiger partial charge in [-0.2, -0.15) is 0 Å². The molecule has 0 aromatic carbocycles. The summed E-state index contributed by atoms with van der Waals surface area (Å²) in [4.78, 5) is 8.56. The Morgan fingerprint density at radius 3 is 2.93 bits per heavy atom. The molecule has 0 spiro atoms. The quantitative estimate of drug-likeness (QED) is 0.825. The van der Waals surface area contributed by atoms with Crippen LogP contribution in [0.25, 0.3) is 5.82 Å². The second-order valence-electron chi connectivity index (χ2n) is 3.41. The molecule has 0 aliphatic heterocycles. The van der Waals surface area contributed by atoms with E-state index in [0.717, 1.165) is 30.2 Å². The molecule has 0 aliphatic rings. The van der Waals surface area contributed by atoms with Gasteiger partial charge >= 0.3 is 0 Å². The summed E-state index contributed by atoms with van der Waals surface area (Å²) in [6, 6.07) is 3.63. The van der Waals surface area contributed by atoms with Gasteiger partial charge in [0.25, 0.3) is 0 Å². The van der Waals surface area contributed by atoms with Crippen molar-refractivity contribution in [1.29, 1.82) is 0 Å². The number of nitrogens with zero attached hydrogens (tertiary/aromatic N) is 3. The van der Waals surface area contributed by atoms with Crippen LogP contribution in [-0.2, 0) is 6.42 Å². The van der Waals surface area contributed by atoms with Crippen LogP contribution in [0.5, 0.6) is 0 Å². The lowest BCUT2D eigenvalue weighted by molar-refractivity contribution is 0.798. The zero-order valence-electron chi connectivity index (χ0n) is 8.72. The third kappa shape index (κ3) is 1.98. The average Bonchev–Trinajstić information content (AvgIpc) is 2.66. The molecule has 2 rings (SSSR count). The molecule has 2 aromatic heterocycles. The highest BCUT2D eigenvalue weighted by Gasteiger charge is 2.04. The molecule has 0 unspecified atom stereocenters. The first-order valence-electron chi connectivity index (χ1n) is 5.05. The first-order chi connectivity index (χ1) is 7.31. The first kappa shape index (κ1) is 9.71. The monoisotopic (exact) mass is 202 g/mol. The lowest BCUT2D eigenvalue weighted by Gasteiger charge is -2.06. The summed E-state index contributed by atoms with van der Waals surface area (Å²) in [5.41, 5.74) is 6.43. The molecule has 2 N–H and O–H groups in total. The Bertz CT molecular complexity index is 447. The van der Waals surface area contributed by atoms with Gasteiger partial charge < -0.3 is 5.73 Å². The molecule has 0 saturated heterocycles. The van der Waals surface area contributed by atoms with Crippen molar-refractivity contribution in [3.63, 3.8) is 0 Å². The Morgan fingerprint density at radius 1 is 1.33 bits per heavy atom. The first-order valence-corrected chi connectivity index (χ1v) is 5.05. The summed E-state index contributed by atoms with van der Waals surface area (Å²) in [7, 11) is 0. The van der Waals surface area contributed by atoms with E-state index in [1.165, 1.54) is 0 Å². The van der Waals surface area contributed by atoms with Gasteiger partial charge in [-0.15, -0.1) is 0 Å². The zero-order chi connectivity index (χ0) is 10.7. The molecule has 15 heavy (non-hydrogen) atoms. The van der Waals surface area contributed by atoms with Crippen LogP contribution in [0, 0.1) is 0 Å². The third-order valence-electron chi connectivity index (χ3n) is 2.21. The molecule has 0 atom stereocenters. The molecule has 0 amide bonds. The van der Waals surface area contributed by atoms with Crippen molar-refractivity contribution in [1.82, 2.24) is 14.5 Å². The van der Waals surface area contributed by atoms with Gasteiger partial charge in [-0.1, -0.05) is 6.92 Å². The molecule has 4 nitrogen and oxygen atoms in total. The number of rotatable bonds is 3. The maximum Gasteiger partial charge on any atom is 0.140 e. The number of nitrogen functional groups attached to an aromatic ring is 1. The number of nitrogens with two attached hydrogens (primary N) is 1. The maximum absolute atomic E-state index is 5.71. The van der Waals surface area contributed by atoms with Crippen LogP contribution in [0.3, 0.4) is 0 Å². The topological polar surface area (TPSA) is 56.7 Å². The van der Waals surface area contributed by atoms with E-state index in [1.54, 1.807) is 18.5 Å². The SMILES string of the molecule is CCCc1nccn1-c1cc(N)ccn1. The largest absolute Gasteiger partial charge is 0.399 e. The van der Waals surface area contributed by atoms with Gasteiger partial charge in [0.1, 0.15) is 11.6 Å². The Hall–Kier alpha value is -1.84. The molecular formula is C11H14N4. The summed E-state index contributed by atoms with van der Waals surface area (Å²) in [5.74, 6) is 1.85. The van der Waals surface area contributed by atoms with Gasteiger partial charge in [0.15, 0.2) is 0 Å². The average molecular weight is 202 g/mol. The number of hydrogen-bond acceptors (Lipinski definition) is 3. The molecule has 0 bridgehead atoms. The zero-order valence-corrected chi connectivity index (χ0v) is 8.72. The minimum Gasteiger partial charge on any atom is -0.399 e. The van der Waals surface area contributed by atoms with Gasteiger partial charge in [-0.3, -0.25) is 4.57 Å². The van der Waals surface area contributed by atoms with Crippen molar-refractivity contribution < 1.29 is 0 Å². The number of aryl methyl sites for hydroxylation is 1. The number of imidazole rings is 1. The van der Waals surface area contributed by atoms with E-state index in [9.17, 15) is 0 Å². The van der Waals surface area contributed by atoms with Crippen LogP contribution in [-0.4, -0.2) is 14.5 Å². The second kappa shape index (κ2) is 4.13. The molecule has 0 fully saturated rings.